The van der Waals surface area contributed by atoms with E-state index in [2.05, 4.69) is 26.7 Å². The summed E-state index contributed by atoms with van der Waals surface area (Å²) in [6, 6.07) is 7.01. The summed E-state index contributed by atoms with van der Waals surface area (Å²) in [6.07, 6.45) is 4.30. The molecule has 7 nitrogen and oxygen atoms in total. The first kappa shape index (κ1) is 17.0. The molecule has 0 aliphatic carbocycles. The first-order valence-corrected chi connectivity index (χ1v) is 7.99. The molecule has 0 spiro atoms. The van der Waals surface area contributed by atoms with Crippen molar-refractivity contribution in [3.8, 4) is 0 Å². The van der Waals surface area contributed by atoms with E-state index in [1.54, 1.807) is 18.2 Å². The number of halogens is 1. The molecular weight excluding hydrogens is 386 g/mol. The summed E-state index contributed by atoms with van der Waals surface area (Å²) in [5.41, 5.74) is 4.13. The fourth-order valence-electron chi connectivity index (χ4n) is 1.45. The first-order chi connectivity index (χ1) is 11.0. The Bertz CT molecular complexity index is 724. The molecule has 0 radical (unpaired) electrons. The number of hydrogen-bond acceptors (Lipinski definition) is 5. The highest BCUT2D eigenvalue weighted by molar-refractivity contribution is 9.11. The van der Waals surface area contributed by atoms with Crippen molar-refractivity contribution in [1.82, 2.24) is 16.2 Å². The number of thiophene rings is 1. The first-order valence-electron chi connectivity index (χ1n) is 6.38. The number of furan rings is 1. The van der Waals surface area contributed by atoms with Crippen LogP contribution in [-0.4, -0.2) is 17.7 Å². The van der Waals surface area contributed by atoms with Gasteiger partial charge in [0.05, 0.1) is 16.6 Å². The average molecular weight is 398 g/mol. The highest BCUT2D eigenvalue weighted by Crippen LogP contribution is 2.22. The van der Waals surface area contributed by atoms with Crippen LogP contribution in [0, 0.1) is 0 Å². The van der Waals surface area contributed by atoms with Gasteiger partial charge in [-0.05, 0) is 46.3 Å². The van der Waals surface area contributed by atoms with Gasteiger partial charge in [-0.25, -0.2) is 0 Å². The number of carbonyl (C=O) groups excluding carboxylic acids is 3. The molecule has 0 saturated carbocycles. The summed E-state index contributed by atoms with van der Waals surface area (Å²) in [6.45, 7) is 0.0837. The molecule has 3 amide bonds. The van der Waals surface area contributed by atoms with Gasteiger partial charge in [-0.15, -0.1) is 11.3 Å². The molecule has 0 aromatic carbocycles. The number of hydrogen-bond donors (Lipinski definition) is 3. The number of hydrazine groups is 1. The summed E-state index contributed by atoms with van der Waals surface area (Å²) in [7, 11) is 0. The maximum absolute atomic E-state index is 11.5. The predicted molar refractivity (Wildman–Crippen MR) is 87.9 cm³/mol. The molecule has 0 atom stereocenters. The highest BCUT2D eigenvalue weighted by Gasteiger charge is 2.13. The van der Waals surface area contributed by atoms with Crippen LogP contribution in [-0.2, 0) is 20.9 Å². The number of amides is 3. The molecule has 0 fully saturated rings. The zero-order chi connectivity index (χ0) is 16.7. The van der Waals surface area contributed by atoms with Crippen LogP contribution in [0.3, 0.4) is 0 Å². The SMILES string of the molecule is O=C(/C=C/c1ccc(Br)s1)NNC(=O)C(=O)NCc1ccco1. The quantitative estimate of drug-likeness (QED) is 0.414. The van der Waals surface area contributed by atoms with Crippen LogP contribution in [0.25, 0.3) is 6.08 Å². The Kier molecular flexibility index (Phi) is 6.12. The Morgan fingerprint density at radius 2 is 2.00 bits per heavy atom. The van der Waals surface area contributed by atoms with Gasteiger partial charge in [-0.2, -0.15) is 0 Å². The van der Waals surface area contributed by atoms with Gasteiger partial charge in [-0.1, -0.05) is 0 Å². The Morgan fingerprint density at radius 3 is 2.65 bits per heavy atom. The van der Waals surface area contributed by atoms with Crippen molar-refractivity contribution in [3.05, 3.63) is 51.0 Å². The van der Waals surface area contributed by atoms with Gasteiger partial charge in [0.2, 0.25) is 0 Å². The Labute approximate surface area is 143 Å². The van der Waals surface area contributed by atoms with Crippen LogP contribution in [0.4, 0.5) is 0 Å². The summed E-state index contributed by atoms with van der Waals surface area (Å²) >= 11 is 4.76. The normalized spacial score (nSPS) is 10.5. The molecule has 9 heteroatoms. The van der Waals surface area contributed by atoms with Gasteiger partial charge >= 0.3 is 11.8 Å². The topological polar surface area (TPSA) is 100 Å². The smallest absolute Gasteiger partial charge is 0.327 e. The minimum absolute atomic E-state index is 0.0837. The number of nitrogens with one attached hydrogen (secondary N) is 3. The molecule has 0 aliphatic rings. The average Bonchev–Trinajstić information content (AvgIpc) is 3.19. The third-order valence-corrected chi connectivity index (χ3v) is 4.09. The van der Waals surface area contributed by atoms with Crippen molar-refractivity contribution in [3.63, 3.8) is 0 Å². The van der Waals surface area contributed by atoms with E-state index in [0.29, 0.717) is 5.76 Å². The maximum atomic E-state index is 11.5. The van der Waals surface area contributed by atoms with E-state index >= 15 is 0 Å². The summed E-state index contributed by atoms with van der Waals surface area (Å²) in [5, 5.41) is 2.35. The second-order valence-electron chi connectivity index (χ2n) is 4.18. The molecule has 0 unspecified atom stereocenters. The van der Waals surface area contributed by atoms with Crippen LogP contribution in [0.5, 0.6) is 0 Å². The zero-order valence-electron chi connectivity index (χ0n) is 11.7. The number of carbonyl (C=O) groups is 3. The standard InChI is InChI=1S/C14H12BrN3O4S/c15-11-5-3-10(23-11)4-6-12(19)17-18-14(21)13(20)16-8-9-2-1-7-22-9/h1-7H,8H2,(H,16,20)(H,17,19)(H,18,21)/b6-4+. The lowest BCUT2D eigenvalue weighted by Crippen LogP contribution is -2.47. The molecule has 23 heavy (non-hydrogen) atoms. The fraction of sp³-hybridized carbons (Fsp3) is 0.0714. The van der Waals surface area contributed by atoms with E-state index in [0.717, 1.165) is 8.66 Å². The van der Waals surface area contributed by atoms with E-state index in [4.69, 9.17) is 4.42 Å². The third kappa shape index (κ3) is 5.72. The van der Waals surface area contributed by atoms with Gasteiger partial charge in [0.15, 0.2) is 0 Å². The van der Waals surface area contributed by atoms with Crippen molar-refractivity contribution < 1.29 is 18.8 Å². The predicted octanol–water partition coefficient (Wildman–Crippen LogP) is 1.58. The van der Waals surface area contributed by atoms with E-state index in [9.17, 15) is 14.4 Å². The van der Waals surface area contributed by atoms with Crippen LogP contribution in [0.15, 0.2) is 44.8 Å². The molecule has 2 heterocycles. The van der Waals surface area contributed by atoms with Crippen LogP contribution >= 0.6 is 27.3 Å². The highest BCUT2D eigenvalue weighted by atomic mass is 79.9. The van der Waals surface area contributed by atoms with E-state index in [-0.39, 0.29) is 6.54 Å². The summed E-state index contributed by atoms with van der Waals surface area (Å²) in [5.74, 6) is -1.90. The largest absolute Gasteiger partial charge is 0.467 e. The van der Waals surface area contributed by atoms with Crippen molar-refractivity contribution in [2.45, 2.75) is 6.54 Å². The molecule has 2 aromatic heterocycles. The van der Waals surface area contributed by atoms with Crippen LogP contribution < -0.4 is 16.2 Å². The minimum Gasteiger partial charge on any atom is -0.467 e. The zero-order valence-corrected chi connectivity index (χ0v) is 14.1. The van der Waals surface area contributed by atoms with Gasteiger partial charge < -0.3 is 9.73 Å². The lowest BCUT2D eigenvalue weighted by atomic mass is 10.4. The van der Waals surface area contributed by atoms with Gasteiger partial charge in [0.25, 0.3) is 5.91 Å². The molecule has 120 valence electrons. The van der Waals surface area contributed by atoms with Crippen molar-refractivity contribution in [2.75, 3.05) is 0 Å². The van der Waals surface area contributed by atoms with Gasteiger partial charge in [0.1, 0.15) is 5.76 Å². The number of rotatable bonds is 4. The molecular formula is C14H12BrN3O4S. The summed E-state index contributed by atoms with van der Waals surface area (Å²) in [4.78, 5) is 35.4. The molecule has 3 N–H and O–H groups in total. The Balaban J connectivity index is 1.71. The second kappa shape index (κ2) is 8.30. The molecule has 2 aromatic rings. The van der Waals surface area contributed by atoms with Crippen LogP contribution in [0.1, 0.15) is 10.6 Å². The van der Waals surface area contributed by atoms with Crippen molar-refractivity contribution in [1.29, 1.82) is 0 Å². The molecule has 0 bridgehead atoms. The van der Waals surface area contributed by atoms with Gasteiger partial charge in [-0.3, -0.25) is 25.2 Å². The minimum atomic E-state index is -0.975. The van der Waals surface area contributed by atoms with Crippen molar-refractivity contribution in [2.24, 2.45) is 0 Å². The summed E-state index contributed by atoms with van der Waals surface area (Å²) < 4.78 is 5.95. The lowest BCUT2D eigenvalue weighted by molar-refractivity contribution is -0.140. The van der Waals surface area contributed by atoms with Gasteiger partial charge in [0, 0.05) is 11.0 Å². The van der Waals surface area contributed by atoms with Crippen molar-refractivity contribution >= 4 is 51.1 Å². The Morgan fingerprint density at radius 1 is 1.17 bits per heavy atom. The monoisotopic (exact) mass is 397 g/mol. The molecule has 0 aliphatic heterocycles. The molecule has 0 saturated heterocycles. The van der Waals surface area contributed by atoms with Crippen LogP contribution in [0.2, 0.25) is 0 Å². The second-order valence-corrected chi connectivity index (χ2v) is 6.68. The van der Waals surface area contributed by atoms with E-state index in [1.807, 2.05) is 17.6 Å². The molecule has 2 rings (SSSR count). The Hall–Kier alpha value is -2.39. The lowest BCUT2D eigenvalue weighted by Gasteiger charge is -2.05. The van der Waals surface area contributed by atoms with E-state index in [1.165, 1.54) is 23.7 Å². The maximum Gasteiger partial charge on any atom is 0.327 e. The fourth-order valence-corrected chi connectivity index (χ4v) is 2.78. The van der Waals surface area contributed by atoms with E-state index < -0.39 is 17.7 Å². The third-order valence-electron chi connectivity index (χ3n) is 2.50.